The standard InChI is InChI=1S/C16H22ClF3N2.2ClH/c1-2-3-4-15(22-9-7-21-8-10-22)12-5-6-14(17)13(11-12)16(18,19)20;;/h5-6,11,15,21H,2-4,7-10H2,1H3;2*1H/t15-;;/m0../s1. The minimum absolute atomic E-state index is 0. The van der Waals surface area contributed by atoms with Gasteiger partial charge < -0.3 is 5.32 Å². The summed E-state index contributed by atoms with van der Waals surface area (Å²) in [7, 11) is 0. The van der Waals surface area contributed by atoms with Crippen LogP contribution in [0.3, 0.4) is 0 Å². The van der Waals surface area contributed by atoms with Crippen LogP contribution in [0.4, 0.5) is 13.2 Å². The minimum atomic E-state index is -4.41. The average molecular weight is 408 g/mol. The van der Waals surface area contributed by atoms with Crippen LogP contribution in [-0.2, 0) is 6.18 Å². The van der Waals surface area contributed by atoms with E-state index in [1.54, 1.807) is 6.07 Å². The molecule has 1 heterocycles. The number of unbranched alkanes of at least 4 members (excludes halogenated alkanes) is 1. The number of hydrogen-bond acceptors (Lipinski definition) is 2. The number of nitrogens with zero attached hydrogens (tertiary/aromatic N) is 1. The fraction of sp³-hybridized carbons (Fsp3) is 0.625. The summed E-state index contributed by atoms with van der Waals surface area (Å²) in [6, 6.07) is 4.37. The summed E-state index contributed by atoms with van der Waals surface area (Å²) in [4.78, 5) is 2.27. The minimum Gasteiger partial charge on any atom is -0.314 e. The number of rotatable bonds is 5. The summed E-state index contributed by atoms with van der Waals surface area (Å²) in [6.07, 6.45) is -1.51. The van der Waals surface area contributed by atoms with E-state index in [2.05, 4.69) is 17.1 Å². The lowest BCUT2D eigenvalue weighted by atomic mass is 9.97. The molecule has 8 heteroatoms. The van der Waals surface area contributed by atoms with Gasteiger partial charge in [0, 0.05) is 32.2 Å². The highest BCUT2D eigenvalue weighted by molar-refractivity contribution is 6.31. The molecule has 1 N–H and O–H groups in total. The highest BCUT2D eigenvalue weighted by Gasteiger charge is 2.34. The number of alkyl halides is 3. The zero-order chi connectivity index (χ0) is 16.2. The molecule has 140 valence electrons. The zero-order valence-corrected chi connectivity index (χ0v) is 15.9. The van der Waals surface area contributed by atoms with Crippen molar-refractivity contribution in [1.29, 1.82) is 0 Å². The number of hydrogen-bond donors (Lipinski definition) is 1. The molecule has 0 saturated carbocycles. The highest BCUT2D eigenvalue weighted by atomic mass is 35.5. The van der Waals surface area contributed by atoms with Gasteiger partial charge in [-0.15, -0.1) is 24.8 Å². The molecular weight excluding hydrogens is 384 g/mol. The quantitative estimate of drug-likeness (QED) is 0.709. The molecule has 1 atom stereocenters. The Labute approximate surface area is 158 Å². The Kier molecular flexibility index (Phi) is 10.6. The molecule has 24 heavy (non-hydrogen) atoms. The van der Waals surface area contributed by atoms with E-state index in [0.717, 1.165) is 45.4 Å². The first-order chi connectivity index (χ1) is 10.4. The number of nitrogens with one attached hydrogen (secondary N) is 1. The molecule has 0 aliphatic carbocycles. The van der Waals surface area contributed by atoms with Crippen molar-refractivity contribution in [3.63, 3.8) is 0 Å². The van der Waals surface area contributed by atoms with Gasteiger partial charge in [-0.2, -0.15) is 13.2 Å². The molecular formula is C16H24Cl3F3N2. The molecule has 2 rings (SSSR count). The van der Waals surface area contributed by atoms with Crippen molar-refractivity contribution in [3.05, 3.63) is 34.3 Å². The van der Waals surface area contributed by atoms with Gasteiger partial charge >= 0.3 is 6.18 Å². The molecule has 1 aliphatic heterocycles. The molecule has 2 nitrogen and oxygen atoms in total. The predicted molar refractivity (Wildman–Crippen MR) is 97.7 cm³/mol. The third-order valence-corrected chi connectivity index (χ3v) is 4.43. The molecule has 1 aromatic carbocycles. The summed E-state index contributed by atoms with van der Waals surface area (Å²) in [6.45, 7) is 5.57. The Morgan fingerprint density at radius 2 is 1.83 bits per heavy atom. The van der Waals surface area contributed by atoms with E-state index in [0.29, 0.717) is 5.56 Å². The molecule has 1 saturated heterocycles. The van der Waals surface area contributed by atoms with Crippen LogP contribution in [0.2, 0.25) is 5.02 Å². The Morgan fingerprint density at radius 1 is 1.21 bits per heavy atom. The number of halogens is 6. The van der Waals surface area contributed by atoms with E-state index < -0.39 is 11.7 Å². The molecule has 1 aromatic rings. The van der Waals surface area contributed by atoms with Gasteiger partial charge in [-0.05, 0) is 24.1 Å². The zero-order valence-electron chi connectivity index (χ0n) is 13.5. The van der Waals surface area contributed by atoms with Crippen LogP contribution in [0.25, 0.3) is 0 Å². The van der Waals surface area contributed by atoms with Crippen LogP contribution in [0.1, 0.15) is 43.4 Å². The Morgan fingerprint density at radius 3 is 2.38 bits per heavy atom. The molecule has 0 radical (unpaired) electrons. The molecule has 1 fully saturated rings. The fourth-order valence-corrected chi connectivity index (χ4v) is 3.14. The maximum atomic E-state index is 13.1. The molecule has 0 aromatic heterocycles. The summed E-state index contributed by atoms with van der Waals surface area (Å²) in [5, 5.41) is 3.05. The second-order valence-electron chi connectivity index (χ2n) is 5.68. The van der Waals surface area contributed by atoms with Gasteiger partial charge in [0.25, 0.3) is 0 Å². The van der Waals surface area contributed by atoms with Crippen LogP contribution >= 0.6 is 36.4 Å². The van der Waals surface area contributed by atoms with E-state index in [-0.39, 0.29) is 35.9 Å². The SMILES string of the molecule is CCCC[C@@H](c1ccc(Cl)c(C(F)(F)F)c1)N1CCNCC1.Cl.Cl. The monoisotopic (exact) mass is 406 g/mol. The van der Waals surface area contributed by atoms with E-state index in [4.69, 9.17) is 11.6 Å². The van der Waals surface area contributed by atoms with Crippen molar-refractivity contribution in [2.24, 2.45) is 0 Å². The third kappa shape index (κ3) is 6.26. The van der Waals surface area contributed by atoms with Crippen molar-refractivity contribution in [3.8, 4) is 0 Å². The van der Waals surface area contributed by atoms with Gasteiger partial charge in [0.15, 0.2) is 0 Å². The fourth-order valence-electron chi connectivity index (χ4n) is 2.92. The average Bonchev–Trinajstić information content (AvgIpc) is 2.49. The van der Waals surface area contributed by atoms with Crippen molar-refractivity contribution < 1.29 is 13.2 Å². The van der Waals surface area contributed by atoms with Crippen molar-refractivity contribution >= 4 is 36.4 Å². The van der Waals surface area contributed by atoms with Gasteiger partial charge in [-0.25, -0.2) is 0 Å². The molecule has 0 amide bonds. The summed E-state index contributed by atoms with van der Waals surface area (Å²) < 4.78 is 39.2. The lowest BCUT2D eigenvalue weighted by Gasteiger charge is -2.35. The first kappa shape index (κ1) is 23.8. The van der Waals surface area contributed by atoms with Crippen LogP contribution in [0.15, 0.2) is 18.2 Å². The topological polar surface area (TPSA) is 15.3 Å². The molecule has 0 spiro atoms. The second-order valence-corrected chi connectivity index (χ2v) is 6.09. The van der Waals surface area contributed by atoms with Crippen LogP contribution in [0.5, 0.6) is 0 Å². The van der Waals surface area contributed by atoms with E-state index in [1.165, 1.54) is 12.1 Å². The van der Waals surface area contributed by atoms with E-state index in [9.17, 15) is 13.2 Å². The van der Waals surface area contributed by atoms with E-state index in [1.807, 2.05) is 0 Å². The Hall–Kier alpha value is -0.200. The Balaban J connectivity index is 0.00000264. The van der Waals surface area contributed by atoms with Crippen molar-refractivity contribution in [2.75, 3.05) is 26.2 Å². The smallest absolute Gasteiger partial charge is 0.314 e. The largest absolute Gasteiger partial charge is 0.417 e. The summed E-state index contributed by atoms with van der Waals surface area (Å²) in [5.74, 6) is 0. The predicted octanol–water partition coefficient (Wildman–Crippen LogP) is 5.34. The van der Waals surface area contributed by atoms with Gasteiger partial charge in [0.05, 0.1) is 10.6 Å². The lowest BCUT2D eigenvalue weighted by Crippen LogP contribution is -2.45. The number of benzene rings is 1. The second kappa shape index (κ2) is 10.7. The van der Waals surface area contributed by atoms with Crippen LogP contribution in [0, 0.1) is 0 Å². The summed E-state index contributed by atoms with van der Waals surface area (Å²) >= 11 is 5.73. The van der Waals surface area contributed by atoms with Gasteiger partial charge in [0.2, 0.25) is 0 Å². The van der Waals surface area contributed by atoms with E-state index >= 15 is 0 Å². The van der Waals surface area contributed by atoms with Gasteiger partial charge in [0.1, 0.15) is 0 Å². The normalized spacial score (nSPS) is 16.9. The first-order valence-electron chi connectivity index (χ1n) is 7.75. The third-order valence-electron chi connectivity index (χ3n) is 4.10. The highest BCUT2D eigenvalue weighted by Crippen LogP contribution is 2.37. The van der Waals surface area contributed by atoms with Gasteiger partial charge in [-0.3, -0.25) is 4.90 Å². The maximum absolute atomic E-state index is 13.1. The van der Waals surface area contributed by atoms with Crippen LogP contribution < -0.4 is 5.32 Å². The lowest BCUT2D eigenvalue weighted by molar-refractivity contribution is -0.137. The van der Waals surface area contributed by atoms with Crippen molar-refractivity contribution in [1.82, 2.24) is 10.2 Å². The molecule has 1 aliphatic rings. The van der Waals surface area contributed by atoms with Crippen LogP contribution in [-0.4, -0.2) is 31.1 Å². The maximum Gasteiger partial charge on any atom is 0.417 e. The molecule has 0 bridgehead atoms. The molecule has 0 unspecified atom stereocenters. The van der Waals surface area contributed by atoms with Gasteiger partial charge in [-0.1, -0.05) is 37.4 Å². The Bertz CT molecular complexity index is 492. The summed E-state index contributed by atoms with van der Waals surface area (Å²) in [5.41, 5.74) is -0.0182. The number of piperazine rings is 1. The first-order valence-corrected chi connectivity index (χ1v) is 8.12. The van der Waals surface area contributed by atoms with Crippen molar-refractivity contribution in [2.45, 2.75) is 38.4 Å².